The van der Waals surface area contributed by atoms with Crippen molar-refractivity contribution < 1.29 is 19.1 Å². The van der Waals surface area contributed by atoms with Crippen LogP contribution in [0, 0.1) is 0 Å². The fourth-order valence-electron chi connectivity index (χ4n) is 2.13. The number of carbonyl (C=O) groups is 2. The van der Waals surface area contributed by atoms with Crippen molar-refractivity contribution in [1.29, 1.82) is 0 Å². The number of esters is 1. The standard InChI is InChI=1S/C17H20ClN3O4S/c1-24-9-3-8-21(10-15-20-14(11-26-15)16(22)25-2)17(23)19-13-6-4-12(18)5-7-13/h4-7,11H,3,8-10H2,1-2H3,(H,19,23). The van der Waals surface area contributed by atoms with Crippen LogP contribution in [0.5, 0.6) is 0 Å². The van der Waals surface area contributed by atoms with Crippen molar-refractivity contribution in [1.82, 2.24) is 9.88 Å². The largest absolute Gasteiger partial charge is 0.464 e. The number of halogens is 1. The van der Waals surface area contributed by atoms with Gasteiger partial charge in [-0.25, -0.2) is 14.6 Å². The van der Waals surface area contributed by atoms with E-state index < -0.39 is 5.97 Å². The highest BCUT2D eigenvalue weighted by Crippen LogP contribution is 2.17. The molecule has 0 saturated heterocycles. The van der Waals surface area contributed by atoms with Gasteiger partial charge in [0, 0.05) is 36.4 Å². The predicted octanol–water partition coefficient (Wildman–Crippen LogP) is 3.65. The Kier molecular flexibility index (Phi) is 7.83. The Bertz CT molecular complexity index is 736. The van der Waals surface area contributed by atoms with E-state index in [-0.39, 0.29) is 18.3 Å². The fourth-order valence-corrected chi connectivity index (χ4v) is 3.04. The third-order valence-electron chi connectivity index (χ3n) is 3.43. The minimum Gasteiger partial charge on any atom is -0.464 e. The van der Waals surface area contributed by atoms with E-state index in [1.54, 1.807) is 41.7 Å². The molecule has 1 aromatic heterocycles. The van der Waals surface area contributed by atoms with Crippen LogP contribution in [-0.4, -0.2) is 49.3 Å². The molecule has 0 aliphatic rings. The van der Waals surface area contributed by atoms with Crippen molar-refractivity contribution in [3.05, 3.63) is 45.4 Å². The number of ether oxygens (including phenoxy) is 2. The van der Waals surface area contributed by atoms with Crippen molar-refractivity contribution in [2.45, 2.75) is 13.0 Å². The number of carbonyl (C=O) groups excluding carboxylic acids is 2. The summed E-state index contributed by atoms with van der Waals surface area (Å²) in [6.07, 6.45) is 0.680. The van der Waals surface area contributed by atoms with Gasteiger partial charge in [0.15, 0.2) is 5.69 Å². The number of nitrogens with one attached hydrogen (secondary N) is 1. The molecule has 1 aromatic carbocycles. The topological polar surface area (TPSA) is 80.8 Å². The molecular formula is C17H20ClN3O4S. The molecule has 0 radical (unpaired) electrons. The van der Waals surface area contributed by atoms with E-state index in [1.165, 1.54) is 18.4 Å². The lowest BCUT2D eigenvalue weighted by molar-refractivity contribution is 0.0594. The average Bonchev–Trinajstić information content (AvgIpc) is 3.11. The molecule has 0 bridgehead atoms. The molecule has 0 atom stereocenters. The molecule has 2 rings (SSSR count). The summed E-state index contributed by atoms with van der Waals surface area (Å²) in [5.74, 6) is -0.496. The molecule has 1 heterocycles. The van der Waals surface area contributed by atoms with E-state index in [1.807, 2.05) is 0 Å². The summed E-state index contributed by atoms with van der Waals surface area (Å²) >= 11 is 7.16. The molecular weight excluding hydrogens is 378 g/mol. The highest BCUT2D eigenvalue weighted by molar-refractivity contribution is 7.09. The number of anilines is 1. The number of benzene rings is 1. The molecule has 7 nitrogen and oxygen atoms in total. The lowest BCUT2D eigenvalue weighted by Gasteiger charge is -2.22. The van der Waals surface area contributed by atoms with Crippen LogP contribution in [0.2, 0.25) is 5.02 Å². The number of hydrogen-bond acceptors (Lipinski definition) is 6. The zero-order valence-electron chi connectivity index (χ0n) is 14.5. The number of amides is 2. The molecule has 9 heteroatoms. The van der Waals surface area contributed by atoms with Crippen molar-refractivity contribution in [3.8, 4) is 0 Å². The summed E-state index contributed by atoms with van der Waals surface area (Å²) in [4.78, 5) is 30.0. The van der Waals surface area contributed by atoms with Gasteiger partial charge in [-0.15, -0.1) is 11.3 Å². The Morgan fingerprint density at radius 2 is 2.00 bits per heavy atom. The summed E-state index contributed by atoms with van der Waals surface area (Å²) in [5, 5.41) is 5.69. The Balaban J connectivity index is 2.06. The first-order chi connectivity index (χ1) is 12.5. The van der Waals surface area contributed by atoms with Crippen molar-refractivity contribution in [2.24, 2.45) is 0 Å². The Morgan fingerprint density at radius 3 is 2.65 bits per heavy atom. The average molecular weight is 398 g/mol. The normalized spacial score (nSPS) is 10.4. The SMILES string of the molecule is COCCCN(Cc1nc(C(=O)OC)cs1)C(=O)Nc1ccc(Cl)cc1. The molecule has 2 amide bonds. The molecule has 0 spiro atoms. The van der Waals surface area contributed by atoms with Crippen LogP contribution in [-0.2, 0) is 16.0 Å². The summed E-state index contributed by atoms with van der Waals surface area (Å²) in [6, 6.07) is 6.60. The second kappa shape index (κ2) is 10.1. The van der Waals surface area contributed by atoms with Crippen molar-refractivity contribution >= 4 is 40.6 Å². The zero-order chi connectivity index (χ0) is 18.9. The van der Waals surface area contributed by atoms with Gasteiger partial charge >= 0.3 is 12.0 Å². The predicted molar refractivity (Wildman–Crippen MR) is 101 cm³/mol. The van der Waals surface area contributed by atoms with Gasteiger partial charge in [-0.1, -0.05) is 11.6 Å². The van der Waals surface area contributed by atoms with E-state index in [0.29, 0.717) is 35.3 Å². The smallest absolute Gasteiger partial charge is 0.357 e. The van der Waals surface area contributed by atoms with Crippen LogP contribution in [0.15, 0.2) is 29.6 Å². The van der Waals surface area contributed by atoms with Gasteiger partial charge in [-0.05, 0) is 30.7 Å². The van der Waals surface area contributed by atoms with Crippen LogP contribution >= 0.6 is 22.9 Å². The molecule has 0 aliphatic heterocycles. The zero-order valence-corrected chi connectivity index (χ0v) is 16.1. The van der Waals surface area contributed by atoms with Crippen LogP contribution in [0.3, 0.4) is 0 Å². The Labute approximate surface area is 160 Å². The van der Waals surface area contributed by atoms with Gasteiger partial charge < -0.3 is 19.7 Å². The first-order valence-corrected chi connectivity index (χ1v) is 9.12. The monoisotopic (exact) mass is 397 g/mol. The molecule has 1 N–H and O–H groups in total. The van der Waals surface area contributed by atoms with E-state index in [0.717, 1.165) is 0 Å². The first-order valence-electron chi connectivity index (χ1n) is 7.86. The maximum Gasteiger partial charge on any atom is 0.357 e. The molecule has 0 unspecified atom stereocenters. The summed E-state index contributed by atoms with van der Waals surface area (Å²) in [6.45, 7) is 1.31. The van der Waals surface area contributed by atoms with E-state index in [9.17, 15) is 9.59 Å². The lowest BCUT2D eigenvalue weighted by atomic mass is 10.3. The van der Waals surface area contributed by atoms with E-state index in [2.05, 4.69) is 15.0 Å². The number of aromatic nitrogens is 1. The highest BCUT2D eigenvalue weighted by Gasteiger charge is 2.18. The molecule has 0 aliphatic carbocycles. The van der Waals surface area contributed by atoms with Crippen LogP contribution in [0.4, 0.5) is 10.5 Å². The van der Waals surface area contributed by atoms with Crippen LogP contribution in [0.25, 0.3) is 0 Å². The molecule has 26 heavy (non-hydrogen) atoms. The quantitative estimate of drug-likeness (QED) is 0.543. The minimum absolute atomic E-state index is 0.238. The van der Waals surface area contributed by atoms with E-state index in [4.69, 9.17) is 16.3 Å². The number of rotatable bonds is 8. The summed E-state index contributed by atoms with van der Waals surface area (Å²) < 4.78 is 9.71. The summed E-state index contributed by atoms with van der Waals surface area (Å²) in [5.41, 5.74) is 0.882. The lowest BCUT2D eigenvalue weighted by Crippen LogP contribution is -2.35. The highest BCUT2D eigenvalue weighted by atomic mass is 35.5. The van der Waals surface area contributed by atoms with Gasteiger partial charge in [0.25, 0.3) is 0 Å². The first kappa shape index (κ1) is 20.2. The van der Waals surface area contributed by atoms with Crippen LogP contribution in [0.1, 0.15) is 21.9 Å². The third kappa shape index (κ3) is 5.98. The third-order valence-corrected chi connectivity index (χ3v) is 4.52. The number of methoxy groups -OCH3 is 2. The Hall–Kier alpha value is -2.16. The van der Waals surface area contributed by atoms with Gasteiger partial charge in [0.2, 0.25) is 0 Å². The number of urea groups is 1. The van der Waals surface area contributed by atoms with Crippen molar-refractivity contribution in [2.75, 3.05) is 32.7 Å². The summed E-state index contributed by atoms with van der Waals surface area (Å²) in [7, 11) is 2.92. The Morgan fingerprint density at radius 1 is 1.27 bits per heavy atom. The molecule has 0 saturated carbocycles. The molecule has 140 valence electrons. The number of nitrogens with zero attached hydrogens (tertiary/aromatic N) is 2. The van der Waals surface area contributed by atoms with Crippen molar-refractivity contribution in [3.63, 3.8) is 0 Å². The maximum absolute atomic E-state index is 12.6. The van der Waals surface area contributed by atoms with E-state index >= 15 is 0 Å². The fraction of sp³-hybridized carbons (Fsp3) is 0.353. The second-order valence-electron chi connectivity index (χ2n) is 5.32. The molecule has 2 aromatic rings. The van der Waals surface area contributed by atoms with Crippen LogP contribution < -0.4 is 5.32 Å². The van der Waals surface area contributed by atoms with Gasteiger partial charge in [0.1, 0.15) is 5.01 Å². The maximum atomic E-state index is 12.6. The second-order valence-corrected chi connectivity index (χ2v) is 6.70. The van der Waals surface area contributed by atoms with Gasteiger partial charge in [-0.2, -0.15) is 0 Å². The number of hydrogen-bond donors (Lipinski definition) is 1. The molecule has 0 fully saturated rings. The number of thiazole rings is 1. The van der Waals surface area contributed by atoms with Gasteiger partial charge in [-0.3, -0.25) is 0 Å². The van der Waals surface area contributed by atoms with Gasteiger partial charge in [0.05, 0.1) is 13.7 Å². The minimum atomic E-state index is -0.496.